The summed E-state index contributed by atoms with van der Waals surface area (Å²) in [5.41, 5.74) is 0.852. The van der Waals surface area contributed by atoms with Gasteiger partial charge in [0.05, 0.1) is 0 Å². The minimum atomic E-state index is -0.730. The summed E-state index contributed by atoms with van der Waals surface area (Å²) in [7, 11) is 0. The van der Waals surface area contributed by atoms with E-state index in [1.807, 2.05) is 6.92 Å². The highest BCUT2D eigenvalue weighted by Gasteiger charge is 2.34. The Morgan fingerprint density at radius 1 is 1.03 bits per heavy atom. The first kappa shape index (κ1) is 23.7. The van der Waals surface area contributed by atoms with Crippen molar-refractivity contribution in [3.8, 4) is 0 Å². The van der Waals surface area contributed by atoms with Gasteiger partial charge < -0.3 is 15.5 Å². The van der Waals surface area contributed by atoms with Crippen molar-refractivity contribution in [1.82, 2.24) is 15.5 Å². The van der Waals surface area contributed by atoms with Crippen LogP contribution in [0, 0.1) is 11.7 Å². The highest BCUT2D eigenvalue weighted by atomic mass is 35.5. The molecular weight excluding hydrogens is 433 g/mol. The van der Waals surface area contributed by atoms with E-state index in [2.05, 4.69) is 10.6 Å². The van der Waals surface area contributed by atoms with Crippen LogP contribution in [-0.4, -0.2) is 48.3 Å². The second-order valence-electron chi connectivity index (χ2n) is 7.89. The average molecular weight is 460 g/mol. The van der Waals surface area contributed by atoms with Gasteiger partial charge in [0.2, 0.25) is 5.91 Å². The number of carbonyl (C=O) groups is 3. The highest BCUT2D eigenvalue weighted by Crippen LogP contribution is 2.23. The third-order valence-electron chi connectivity index (χ3n) is 5.61. The average Bonchev–Trinajstić information content (AvgIpc) is 2.81. The molecule has 8 heteroatoms. The standard InChI is InChI=1S/C24H27ClFN3O3/c1-2-13-27-23(31)21(28-22(30)17-5-9-20(26)10-6-17)16-11-14-29(15-12-16)24(32)18-3-7-19(25)8-4-18/h3-10,16,21H,2,11-15H2,1H3,(H,27,31)(H,28,30)/t21-/m1/s1. The van der Waals surface area contributed by atoms with Gasteiger partial charge >= 0.3 is 0 Å². The Morgan fingerprint density at radius 3 is 2.22 bits per heavy atom. The van der Waals surface area contributed by atoms with Gasteiger partial charge in [0.1, 0.15) is 11.9 Å². The first-order valence-electron chi connectivity index (χ1n) is 10.8. The summed E-state index contributed by atoms with van der Waals surface area (Å²) < 4.78 is 13.2. The van der Waals surface area contributed by atoms with Crippen molar-refractivity contribution in [2.45, 2.75) is 32.2 Å². The van der Waals surface area contributed by atoms with Crippen LogP contribution in [0.3, 0.4) is 0 Å². The van der Waals surface area contributed by atoms with Gasteiger partial charge in [-0.2, -0.15) is 0 Å². The quantitative estimate of drug-likeness (QED) is 0.663. The molecule has 3 amide bonds. The second-order valence-corrected chi connectivity index (χ2v) is 8.32. The topological polar surface area (TPSA) is 78.5 Å². The molecule has 0 spiro atoms. The first-order chi connectivity index (χ1) is 15.4. The van der Waals surface area contributed by atoms with Crippen LogP contribution >= 0.6 is 11.6 Å². The minimum Gasteiger partial charge on any atom is -0.354 e. The monoisotopic (exact) mass is 459 g/mol. The molecule has 0 bridgehead atoms. The molecule has 0 radical (unpaired) electrons. The van der Waals surface area contributed by atoms with Gasteiger partial charge in [0, 0.05) is 35.8 Å². The molecule has 6 nitrogen and oxygen atoms in total. The van der Waals surface area contributed by atoms with Gasteiger partial charge in [-0.1, -0.05) is 18.5 Å². The summed E-state index contributed by atoms with van der Waals surface area (Å²) in [4.78, 5) is 40.0. The van der Waals surface area contributed by atoms with Crippen molar-refractivity contribution in [1.29, 1.82) is 0 Å². The molecule has 0 saturated carbocycles. The van der Waals surface area contributed by atoms with Crippen LogP contribution in [0.25, 0.3) is 0 Å². The largest absolute Gasteiger partial charge is 0.354 e. The van der Waals surface area contributed by atoms with Crippen LogP contribution in [0.15, 0.2) is 48.5 Å². The fourth-order valence-electron chi connectivity index (χ4n) is 3.79. The Kier molecular flexibility index (Phi) is 8.22. The van der Waals surface area contributed by atoms with E-state index in [4.69, 9.17) is 11.6 Å². The molecule has 32 heavy (non-hydrogen) atoms. The molecule has 170 valence electrons. The van der Waals surface area contributed by atoms with Gasteiger partial charge in [-0.05, 0) is 73.7 Å². The van der Waals surface area contributed by atoms with Crippen molar-refractivity contribution >= 4 is 29.3 Å². The van der Waals surface area contributed by atoms with E-state index in [0.29, 0.717) is 43.1 Å². The van der Waals surface area contributed by atoms with Gasteiger partial charge in [0.15, 0.2) is 0 Å². The van der Waals surface area contributed by atoms with E-state index < -0.39 is 17.8 Å². The molecule has 2 N–H and O–H groups in total. The van der Waals surface area contributed by atoms with Crippen molar-refractivity contribution < 1.29 is 18.8 Å². The molecule has 2 aromatic rings. The lowest BCUT2D eigenvalue weighted by atomic mass is 9.88. The number of likely N-dealkylation sites (tertiary alicyclic amines) is 1. The summed E-state index contributed by atoms with van der Waals surface area (Å²) in [5, 5.41) is 6.24. The van der Waals surface area contributed by atoms with Gasteiger partial charge in [-0.3, -0.25) is 14.4 Å². The maximum Gasteiger partial charge on any atom is 0.253 e. The number of hydrogen-bond donors (Lipinski definition) is 2. The minimum absolute atomic E-state index is 0.0811. The smallest absolute Gasteiger partial charge is 0.253 e. The van der Waals surface area contributed by atoms with E-state index in [1.54, 1.807) is 29.2 Å². The molecule has 1 aliphatic rings. The molecular formula is C24H27ClFN3O3. The maximum atomic E-state index is 13.2. The number of rotatable bonds is 7. The van der Waals surface area contributed by atoms with Crippen LogP contribution in [0.4, 0.5) is 4.39 Å². The Morgan fingerprint density at radius 2 is 1.62 bits per heavy atom. The van der Waals surface area contributed by atoms with Crippen LogP contribution in [0.2, 0.25) is 5.02 Å². The molecule has 1 atom stereocenters. The van der Waals surface area contributed by atoms with Crippen molar-refractivity contribution in [3.05, 3.63) is 70.5 Å². The lowest BCUT2D eigenvalue weighted by Crippen LogP contribution is -2.54. The van der Waals surface area contributed by atoms with Crippen molar-refractivity contribution in [3.63, 3.8) is 0 Å². The van der Waals surface area contributed by atoms with Crippen molar-refractivity contribution in [2.75, 3.05) is 19.6 Å². The molecule has 0 aromatic heterocycles. The maximum absolute atomic E-state index is 13.2. The molecule has 1 aliphatic heterocycles. The zero-order valence-corrected chi connectivity index (χ0v) is 18.7. The van der Waals surface area contributed by atoms with E-state index in [9.17, 15) is 18.8 Å². The van der Waals surface area contributed by atoms with Crippen molar-refractivity contribution in [2.24, 2.45) is 5.92 Å². The Bertz CT molecular complexity index is 942. The normalized spacial score (nSPS) is 15.2. The Labute approximate surface area is 192 Å². The fraction of sp³-hybridized carbons (Fsp3) is 0.375. The fourth-order valence-corrected chi connectivity index (χ4v) is 3.92. The van der Waals surface area contributed by atoms with Crippen LogP contribution in [0.5, 0.6) is 0 Å². The van der Waals surface area contributed by atoms with Crippen LogP contribution < -0.4 is 10.6 Å². The van der Waals surface area contributed by atoms with Crippen LogP contribution in [0.1, 0.15) is 46.9 Å². The van der Waals surface area contributed by atoms with E-state index in [1.165, 1.54) is 24.3 Å². The summed E-state index contributed by atoms with van der Waals surface area (Å²) in [6, 6.07) is 11.2. The van der Waals surface area contributed by atoms with Crippen LogP contribution in [-0.2, 0) is 4.79 Å². The number of hydrogen-bond acceptors (Lipinski definition) is 3. The molecule has 3 rings (SSSR count). The van der Waals surface area contributed by atoms with E-state index in [0.717, 1.165) is 6.42 Å². The zero-order chi connectivity index (χ0) is 23.1. The lowest BCUT2D eigenvalue weighted by molar-refractivity contribution is -0.124. The number of amides is 3. The SMILES string of the molecule is CCCNC(=O)[C@H](NC(=O)c1ccc(F)cc1)C1CCN(C(=O)c2ccc(Cl)cc2)CC1. The molecule has 2 aromatic carbocycles. The molecule has 0 aliphatic carbocycles. The summed E-state index contributed by atoms with van der Waals surface area (Å²) in [6.45, 7) is 3.43. The predicted octanol–water partition coefficient (Wildman–Crippen LogP) is 3.66. The number of benzene rings is 2. The Balaban J connectivity index is 1.66. The number of carbonyl (C=O) groups excluding carboxylic acids is 3. The first-order valence-corrected chi connectivity index (χ1v) is 11.2. The van der Waals surface area contributed by atoms with Gasteiger partial charge in [-0.15, -0.1) is 0 Å². The number of halogens is 2. The number of piperidine rings is 1. The van der Waals surface area contributed by atoms with Gasteiger partial charge in [-0.25, -0.2) is 4.39 Å². The van der Waals surface area contributed by atoms with E-state index >= 15 is 0 Å². The molecule has 1 saturated heterocycles. The summed E-state index contributed by atoms with van der Waals surface area (Å²) in [6.07, 6.45) is 1.93. The lowest BCUT2D eigenvalue weighted by Gasteiger charge is -2.36. The number of nitrogens with one attached hydrogen (secondary N) is 2. The third-order valence-corrected chi connectivity index (χ3v) is 5.87. The van der Waals surface area contributed by atoms with Gasteiger partial charge in [0.25, 0.3) is 11.8 Å². The summed E-state index contributed by atoms with van der Waals surface area (Å²) >= 11 is 5.90. The molecule has 1 fully saturated rings. The zero-order valence-electron chi connectivity index (χ0n) is 17.9. The Hall–Kier alpha value is -2.93. The molecule has 1 heterocycles. The van der Waals surface area contributed by atoms with E-state index in [-0.39, 0.29) is 23.3 Å². The number of nitrogens with zero attached hydrogens (tertiary/aromatic N) is 1. The second kappa shape index (κ2) is 11.1. The molecule has 0 unspecified atom stereocenters. The predicted molar refractivity (Wildman–Crippen MR) is 121 cm³/mol. The summed E-state index contributed by atoms with van der Waals surface area (Å²) in [5.74, 6) is -1.31. The highest BCUT2D eigenvalue weighted by molar-refractivity contribution is 6.30. The third kappa shape index (κ3) is 6.07.